The molecule has 2 nitrogen and oxygen atoms in total. The van der Waals surface area contributed by atoms with Gasteiger partial charge in [-0.3, -0.25) is 0 Å². The van der Waals surface area contributed by atoms with Gasteiger partial charge in [0.1, 0.15) is 0 Å². The molecule has 0 bridgehead atoms. The summed E-state index contributed by atoms with van der Waals surface area (Å²) >= 11 is 1.53. The molecule has 1 aromatic carbocycles. The molecule has 0 N–H and O–H groups in total. The maximum absolute atomic E-state index is 10.5. The minimum atomic E-state index is -2.10. The molecule has 60 valence electrons. The van der Waals surface area contributed by atoms with E-state index in [1.165, 1.54) is 11.8 Å². The van der Waals surface area contributed by atoms with Gasteiger partial charge in [0, 0.05) is 4.90 Å². The Morgan fingerprint density at radius 3 is 2.50 bits per heavy atom. The van der Waals surface area contributed by atoms with Crippen LogP contribution >= 0.6 is 11.8 Å². The number of hydrogen-bond donors (Lipinski definition) is 0. The van der Waals surface area contributed by atoms with Crippen LogP contribution in [0.3, 0.4) is 0 Å². The van der Waals surface area contributed by atoms with Crippen molar-refractivity contribution in [2.24, 2.45) is 0 Å². The van der Waals surface area contributed by atoms with E-state index in [2.05, 4.69) is 0 Å². The van der Waals surface area contributed by atoms with Crippen molar-refractivity contribution in [2.75, 3.05) is 6.26 Å². The van der Waals surface area contributed by atoms with Gasteiger partial charge >= 0.3 is 18.9 Å². The first-order valence-electron chi connectivity index (χ1n) is 2.97. The predicted octanol–water partition coefficient (Wildman–Crippen LogP) is -0.919. The smallest absolute Gasteiger partial charge is 0.420 e. The molecule has 0 aromatic heterocycles. The van der Waals surface area contributed by atoms with E-state index in [0.717, 1.165) is 4.90 Å². The zero-order valence-electron chi connectivity index (χ0n) is 6.94. The zero-order valence-corrected chi connectivity index (χ0v) is 8.58. The van der Waals surface area contributed by atoms with Gasteiger partial charge in [-0.15, -0.1) is 11.8 Å². The van der Waals surface area contributed by atoms with Crippen LogP contribution in [0.4, 0.5) is 0 Å². The Bertz CT molecular complexity index is 315. The summed E-state index contributed by atoms with van der Waals surface area (Å²) in [6.45, 7) is 0. The summed E-state index contributed by atoms with van der Waals surface area (Å²) in [5.41, 5.74) is 0. The number of thioether (sulfide) groups is 1. The molecule has 0 aliphatic rings. The molecule has 0 heterocycles. The normalized spacial score (nSPS) is 9.50. The fourth-order valence-electron chi connectivity index (χ4n) is 0.705. The Morgan fingerprint density at radius 1 is 1.33 bits per heavy atom. The maximum atomic E-state index is 10.5. The molecule has 0 fully saturated rings. The van der Waals surface area contributed by atoms with Crippen molar-refractivity contribution >= 4 is 22.5 Å². The molecule has 1 aromatic rings. The topological polar surface area (TPSA) is 34.1 Å². The molecular formula is C7H7LiO2S2. The van der Waals surface area contributed by atoms with Crippen molar-refractivity contribution in [2.45, 2.75) is 9.79 Å². The van der Waals surface area contributed by atoms with Crippen molar-refractivity contribution in [3.05, 3.63) is 24.3 Å². The molecule has 1 rings (SSSR count). The largest absolute Gasteiger partial charge is 1.00 e. The van der Waals surface area contributed by atoms with Crippen LogP contribution in [0, 0.1) is 0 Å². The summed E-state index contributed by atoms with van der Waals surface area (Å²) in [5.74, 6) is 0. The average Bonchev–Trinajstić information content (AvgIpc) is 2.05. The molecule has 0 amide bonds. The predicted molar refractivity (Wildman–Crippen MR) is 45.2 cm³/mol. The van der Waals surface area contributed by atoms with Crippen LogP contribution in [0.2, 0.25) is 0 Å². The molecule has 0 aliphatic carbocycles. The number of benzene rings is 1. The first kappa shape index (κ1) is 12.1. The SMILES string of the molecule is CSc1cccc([S-](=O)=O)c1.[Li+]. The molecule has 0 unspecified atom stereocenters. The van der Waals surface area contributed by atoms with Crippen LogP contribution < -0.4 is 18.9 Å². The third kappa shape index (κ3) is 3.24. The van der Waals surface area contributed by atoms with E-state index in [9.17, 15) is 8.42 Å². The second-order valence-corrected chi connectivity index (χ2v) is 3.73. The monoisotopic (exact) mass is 194 g/mol. The summed E-state index contributed by atoms with van der Waals surface area (Å²) in [4.78, 5) is 1.31. The van der Waals surface area contributed by atoms with Crippen molar-refractivity contribution in [1.29, 1.82) is 0 Å². The van der Waals surface area contributed by atoms with Gasteiger partial charge in [-0.1, -0.05) is 23.1 Å². The molecule has 0 atom stereocenters. The molecule has 0 saturated heterocycles. The first-order valence-corrected chi connectivity index (χ1v) is 5.27. The Kier molecular flexibility index (Phi) is 5.77. The van der Waals surface area contributed by atoms with E-state index in [4.69, 9.17) is 0 Å². The third-order valence-electron chi connectivity index (χ3n) is 1.23. The first-order chi connectivity index (χ1) is 5.24. The Labute approximate surface area is 89.9 Å². The number of hydrogen-bond acceptors (Lipinski definition) is 4. The molecule has 12 heavy (non-hydrogen) atoms. The van der Waals surface area contributed by atoms with Gasteiger partial charge in [-0.2, -0.15) is 0 Å². The molecule has 0 radical (unpaired) electrons. The second kappa shape index (κ2) is 5.71. The molecule has 0 saturated carbocycles. The van der Waals surface area contributed by atoms with Crippen molar-refractivity contribution in [3.63, 3.8) is 0 Å². The Balaban J connectivity index is 0.00000121. The van der Waals surface area contributed by atoms with Gasteiger partial charge in [-0.25, -0.2) is 0 Å². The van der Waals surface area contributed by atoms with Gasteiger partial charge in [0.15, 0.2) is 0 Å². The molecule has 5 heteroatoms. The van der Waals surface area contributed by atoms with Crippen LogP contribution in [-0.2, 0) is 19.1 Å². The van der Waals surface area contributed by atoms with Crippen LogP contribution in [0.5, 0.6) is 0 Å². The van der Waals surface area contributed by atoms with Gasteiger partial charge in [0.2, 0.25) is 0 Å². The molecular weight excluding hydrogens is 187 g/mol. The van der Waals surface area contributed by atoms with E-state index >= 15 is 0 Å². The van der Waals surface area contributed by atoms with E-state index in [1.807, 2.05) is 12.3 Å². The van der Waals surface area contributed by atoms with Crippen LogP contribution in [0.15, 0.2) is 34.1 Å². The standard InChI is InChI=1S/C7H7O2S2.Li/c1-10-6-3-2-4-7(5-6)11(8)9;/h2-5H,1H3;/q-1;+1. The summed E-state index contributed by atoms with van der Waals surface area (Å²) in [7, 11) is -2.10. The zero-order chi connectivity index (χ0) is 8.27. The van der Waals surface area contributed by atoms with Gasteiger partial charge < -0.3 is 8.42 Å². The van der Waals surface area contributed by atoms with Crippen LogP contribution in [0.25, 0.3) is 0 Å². The maximum Gasteiger partial charge on any atom is 1.00 e. The van der Waals surface area contributed by atoms with Crippen LogP contribution in [-0.4, -0.2) is 6.26 Å². The van der Waals surface area contributed by atoms with E-state index in [1.54, 1.807) is 18.2 Å². The van der Waals surface area contributed by atoms with E-state index in [0.29, 0.717) is 4.90 Å². The quantitative estimate of drug-likeness (QED) is 0.347. The van der Waals surface area contributed by atoms with Crippen molar-refractivity contribution in [3.8, 4) is 0 Å². The van der Waals surface area contributed by atoms with Gasteiger partial charge in [0.25, 0.3) is 0 Å². The summed E-state index contributed by atoms with van der Waals surface area (Å²) in [5, 5.41) is 0. The Hall–Kier alpha value is 0.117. The van der Waals surface area contributed by atoms with Gasteiger partial charge in [-0.05, 0) is 23.0 Å². The summed E-state index contributed by atoms with van der Waals surface area (Å²) in [6, 6.07) is 6.83. The van der Waals surface area contributed by atoms with E-state index in [-0.39, 0.29) is 18.9 Å². The molecule has 0 aliphatic heterocycles. The van der Waals surface area contributed by atoms with E-state index < -0.39 is 10.7 Å². The minimum Gasteiger partial charge on any atom is -0.420 e. The second-order valence-electron chi connectivity index (χ2n) is 1.91. The van der Waals surface area contributed by atoms with Gasteiger partial charge in [0.05, 0.1) is 0 Å². The average molecular weight is 194 g/mol. The fraction of sp³-hybridized carbons (Fsp3) is 0.143. The van der Waals surface area contributed by atoms with Crippen LogP contribution in [0.1, 0.15) is 0 Å². The molecule has 0 spiro atoms. The summed E-state index contributed by atoms with van der Waals surface area (Å²) < 4.78 is 20.9. The number of rotatable bonds is 2. The minimum absolute atomic E-state index is 0. The van der Waals surface area contributed by atoms with Crippen molar-refractivity contribution < 1.29 is 27.3 Å². The fourth-order valence-corrected chi connectivity index (χ4v) is 1.65. The van der Waals surface area contributed by atoms with Crippen molar-refractivity contribution in [1.82, 2.24) is 0 Å². The Morgan fingerprint density at radius 2 is 2.00 bits per heavy atom. The third-order valence-corrected chi connectivity index (χ3v) is 2.60. The summed E-state index contributed by atoms with van der Waals surface area (Å²) in [6.07, 6.45) is 1.91.